The largest absolute Gasteiger partial charge is 0.198 e. The zero-order valence-electron chi connectivity index (χ0n) is 12.4. The van der Waals surface area contributed by atoms with Crippen LogP contribution in [0.15, 0.2) is 66.3 Å². The first kappa shape index (κ1) is 15.7. The van der Waals surface area contributed by atoms with E-state index < -0.39 is 0 Å². The minimum absolute atomic E-state index is 0.458. The van der Waals surface area contributed by atoms with Gasteiger partial charge in [0, 0.05) is 0 Å². The van der Waals surface area contributed by atoms with Crippen LogP contribution in [0.25, 0.3) is 5.57 Å². The maximum Gasteiger partial charge on any atom is 0.0669 e. The number of allylic oxidation sites excluding steroid dienone is 8. The minimum Gasteiger partial charge on any atom is -0.198 e. The van der Waals surface area contributed by atoms with Gasteiger partial charge in [-0.2, -0.15) is 5.26 Å². The predicted molar refractivity (Wildman–Crippen MR) is 87.1 cm³/mol. The Hall–Kier alpha value is -2.33. The van der Waals surface area contributed by atoms with E-state index in [9.17, 15) is 0 Å². The fraction of sp³-hybridized carbons (Fsp3) is 0.211. The molecule has 0 fully saturated rings. The number of nitriles is 1. The summed E-state index contributed by atoms with van der Waals surface area (Å²) in [4.78, 5) is 0. The van der Waals surface area contributed by atoms with Crippen molar-refractivity contribution in [3.63, 3.8) is 0 Å². The lowest BCUT2D eigenvalue weighted by Gasteiger charge is -2.09. The molecule has 0 aliphatic carbocycles. The van der Waals surface area contributed by atoms with Gasteiger partial charge in [0.15, 0.2) is 0 Å². The molecule has 0 heterocycles. The fourth-order valence-corrected chi connectivity index (χ4v) is 1.97. The van der Waals surface area contributed by atoms with Gasteiger partial charge in [0.25, 0.3) is 0 Å². The molecular formula is C19H21N. The van der Waals surface area contributed by atoms with Crippen molar-refractivity contribution < 1.29 is 0 Å². The first-order valence-corrected chi connectivity index (χ1v) is 6.85. The molecule has 0 aromatic heterocycles. The van der Waals surface area contributed by atoms with Gasteiger partial charge in [-0.05, 0) is 43.0 Å². The SMILES string of the molecule is C\C=C/C(=C\C)C(=C/C=C/C)/c1ccc(CC#N)cc1. The molecule has 0 N–H and O–H groups in total. The highest BCUT2D eigenvalue weighted by Gasteiger charge is 2.04. The molecule has 0 aliphatic rings. The Labute approximate surface area is 122 Å². The standard InChI is InChI=1S/C19H21N/c1-4-7-9-19(17(6-3)8-5-2)18-12-10-16(11-13-18)14-15-20/h4-13H,14H2,1-3H3/b7-4+,8-5-,17-6+,19-9-. The van der Waals surface area contributed by atoms with Crippen LogP contribution in [0, 0.1) is 11.3 Å². The van der Waals surface area contributed by atoms with Crippen LogP contribution in [0.4, 0.5) is 0 Å². The second-order valence-electron chi connectivity index (χ2n) is 4.38. The summed E-state index contributed by atoms with van der Waals surface area (Å²) in [5.41, 5.74) is 4.59. The molecule has 1 aromatic rings. The number of nitrogens with zero attached hydrogens (tertiary/aromatic N) is 1. The van der Waals surface area contributed by atoms with Crippen LogP contribution in [-0.2, 0) is 6.42 Å². The third-order valence-corrected chi connectivity index (χ3v) is 2.97. The van der Waals surface area contributed by atoms with Crippen molar-refractivity contribution in [2.45, 2.75) is 27.2 Å². The Balaban J connectivity index is 3.21. The van der Waals surface area contributed by atoms with Gasteiger partial charge in [-0.25, -0.2) is 0 Å². The van der Waals surface area contributed by atoms with Crippen LogP contribution in [-0.4, -0.2) is 0 Å². The molecule has 1 rings (SSSR count). The Morgan fingerprint density at radius 1 is 1.10 bits per heavy atom. The predicted octanol–water partition coefficient (Wildman–Crippen LogP) is 5.23. The number of hydrogen-bond donors (Lipinski definition) is 0. The molecule has 1 heteroatoms. The summed E-state index contributed by atoms with van der Waals surface area (Å²) < 4.78 is 0. The van der Waals surface area contributed by atoms with Crippen LogP contribution in [0.3, 0.4) is 0 Å². The molecule has 0 atom stereocenters. The third kappa shape index (κ3) is 4.40. The van der Waals surface area contributed by atoms with Crippen LogP contribution in [0.2, 0.25) is 0 Å². The van der Waals surface area contributed by atoms with Crippen molar-refractivity contribution in [3.8, 4) is 6.07 Å². The monoisotopic (exact) mass is 263 g/mol. The van der Waals surface area contributed by atoms with Crippen LogP contribution in [0.1, 0.15) is 31.9 Å². The number of hydrogen-bond acceptors (Lipinski definition) is 1. The Kier molecular flexibility index (Phi) is 6.85. The van der Waals surface area contributed by atoms with Gasteiger partial charge < -0.3 is 0 Å². The molecule has 20 heavy (non-hydrogen) atoms. The van der Waals surface area contributed by atoms with E-state index in [1.807, 2.05) is 51.1 Å². The molecule has 0 saturated carbocycles. The minimum atomic E-state index is 0.458. The summed E-state index contributed by atoms with van der Waals surface area (Å²) in [6, 6.07) is 10.4. The molecule has 0 aliphatic heterocycles. The first-order valence-electron chi connectivity index (χ1n) is 6.85. The molecule has 0 bridgehead atoms. The topological polar surface area (TPSA) is 23.8 Å². The lowest BCUT2D eigenvalue weighted by Crippen LogP contribution is -1.89. The number of benzene rings is 1. The summed E-state index contributed by atoms with van der Waals surface area (Å²) in [5, 5.41) is 8.72. The average Bonchev–Trinajstić information content (AvgIpc) is 2.48. The van der Waals surface area contributed by atoms with Crippen LogP contribution < -0.4 is 0 Å². The zero-order chi connectivity index (χ0) is 14.8. The lowest BCUT2D eigenvalue weighted by atomic mass is 9.95. The lowest BCUT2D eigenvalue weighted by molar-refractivity contribution is 1.26. The van der Waals surface area contributed by atoms with Gasteiger partial charge >= 0.3 is 0 Å². The molecular weight excluding hydrogens is 242 g/mol. The highest BCUT2D eigenvalue weighted by atomic mass is 14.2. The van der Waals surface area contributed by atoms with E-state index in [1.54, 1.807) is 0 Å². The number of rotatable bonds is 5. The van der Waals surface area contributed by atoms with E-state index in [-0.39, 0.29) is 0 Å². The van der Waals surface area contributed by atoms with Crippen molar-refractivity contribution >= 4 is 5.57 Å². The van der Waals surface area contributed by atoms with E-state index in [0.29, 0.717) is 6.42 Å². The fourth-order valence-electron chi connectivity index (χ4n) is 1.97. The maximum atomic E-state index is 8.72. The van der Waals surface area contributed by atoms with Crippen molar-refractivity contribution in [2.75, 3.05) is 0 Å². The summed E-state index contributed by atoms with van der Waals surface area (Å²) in [6.45, 7) is 6.07. The van der Waals surface area contributed by atoms with E-state index in [2.05, 4.69) is 36.4 Å². The van der Waals surface area contributed by atoms with Gasteiger partial charge in [-0.1, -0.05) is 60.7 Å². The first-order chi connectivity index (χ1) is 9.76. The summed E-state index contributed by atoms with van der Waals surface area (Å²) >= 11 is 0. The molecule has 1 nitrogen and oxygen atoms in total. The Bertz CT molecular complexity index is 575. The molecule has 0 saturated heterocycles. The van der Waals surface area contributed by atoms with Gasteiger partial charge in [-0.3, -0.25) is 0 Å². The smallest absolute Gasteiger partial charge is 0.0669 e. The highest BCUT2D eigenvalue weighted by Crippen LogP contribution is 2.25. The van der Waals surface area contributed by atoms with Crippen molar-refractivity contribution in [1.29, 1.82) is 5.26 Å². The van der Waals surface area contributed by atoms with E-state index >= 15 is 0 Å². The zero-order valence-corrected chi connectivity index (χ0v) is 12.4. The normalized spacial score (nSPS) is 13.1. The Morgan fingerprint density at radius 3 is 2.30 bits per heavy atom. The highest BCUT2D eigenvalue weighted by molar-refractivity contribution is 5.82. The molecule has 0 radical (unpaired) electrons. The van der Waals surface area contributed by atoms with Gasteiger partial charge in [-0.15, -0.1) is 0 Å². The summed E-state index contributed by atoms with van der Waals surface area (Å²) in [7, 11) is 0. The molecule has 102 valence electrons. The second-order valence-corrected chi connectivity index (χ2v) is 4.38. The van der Waals surface area contributed by atoms with Crippen molar-refractivity contribution in [3.05, 3.63) is 77.4 Å². The van der Waals surface area contributed by atoms with Crippen LogP contribution in [0.5, 0.6) is 0 Å². The van der Waals surface area contributed by atoms with E-state index in [0.717, 1.165) is 11.1 Å². The van der Waals surface area contributed by atoms with Gasteiger partial charge in [0.05, 0.1) is 12.5 Å². The molecule has 0 unspecified atom stereocenters. The third-order valence-electron chi connectivity index (χ3n) is 2.97. The summed E-state index contributed by atoms with van der Waals surface area (Å²) in [5.74, 6) is 0. The van der Waals surface area contributed by atoms with Crippen LogP contribution >= 0.6 is 0 Å². The molecule has 0 spiro atoms. The van der Waals surface area contributed by atoms with Gasteiger partial charge in [0.1, 0.15) is 0 Å². The van der Waals surface area contributed by atoms with Gasteiger partial charge in [0.2, 0.25) is 0 Å². The Morgan fingerprint density at radius 2 is 1.80 bits per heavy atom. The summed E-state index contributed by atoms with van der Waals surface area (Å²) in [6.07, 6.45) is 12.9. The van der Waals surface area contributed by atoms with E-state index in [1.165, 1.54) is 11.1 Å². The second kappa shape index (κ2) is 8.72. The molecule has 1 aromatic carbocycles. The van der Waals surface area contributed by atoms with Crippen molar-refractivity contribution in [2.24, 2.45) is 0 Å². The maximum absolute atomic E-state index is 8.72. The average molecular weight is 263 g/mol. The quantitative estimate of drug-likeness (QED) is 0.667. The molecule has 0 amide bonds. The van der Waals surface area contributed by atoms with Crippen molar-refractivity contribution in [1.82, 2.24) is 0 Å². The van der Waals surface area contributed by atoms with E-state index in [4.69, 9.17) is 5.26 Å².